The van der Waals surface area contributed by atoms with Gasteiger partial charge >= 0.3 is 0 Å². The van der Waals surface area contributed by atoms with E-state index in [9.17, 15) is 9.18 Å². The summed E-state index contributed by atoms with van der Waals surface area (Å²) in [6.07, 6.45) is 2.47. The van der Waals surface area contributed by atoms with Crippen LogP contribution in [0.4, 0.5) is 4.39 Å². The smallest absolute Gasteiger partial charge is 0.196 e. The highest BCUT2D eigenvalue weighted by Gasteiger charge is 2.15. The van der Waals surface area contributed by atoms with Crippen molar-refractivity contribution < 1.29 is 9.18 Å². The fourth-order valence-corrected chi connectivity index (χ4v) is 1.77. The predicted molar refractivity (Wildman–Crippen MR) is 63.5 cm³/mol. The van der Waals surface area contributed by atoms with Crippen LogP contribution in [0.25, 0.3) is 0 Å². The van der Waals surface area contributed by atoms with Gasteiger partial charge in [0.25, 0.3) is 0 Å². The van der Waals surface area contributed by atoms with Crippen molar-refractivity contribution in [3.05, 3.63) is 64.7 Å². The largest absolute Gasteiger partial charge is 0.288 e. The van der Waals surface area contributed by atoms with Crippen molar-refractivity contribution in [1.82, 2.24) is 4.98 Å². The van der Waals surface area contributed by atoms with Gasteiger partial charge in [-0.1, -0.05) is 23.8 Å². The van der Waals surface area contributed by atoms with Crippen molar-refractivity contribution in [2.75, 3.05) is 0 Å². The summed E-state index contributed by atoms with van der Waals surface area (Å²) in [7, 11) is 0. The molecule has 0 fully saturated rings. The number of aromatic nitrogens is 1. The van der Waals surface area contributed by atoms with Gasteiger partial charge < -0.3 is 0 Å². The number of hydrogen-bond acceptors (Lipinski definition) is 2. The van der Waals surface area contributed by atoms with Crippen molar-refractivity contribution in [3.8, 4) is 0 Å². The molecule has 0 saturated heterocycles. The minimum absolute atomic E-state index is 0.0620. The van der Waals surface area contributed by atoms with Gasteiger partial charge in [-0.25, -0.2) is 4.39 Å². The predicted octanol–water partition coefficient (Wildman–Crippen LogP) is 3.07. The normalized spacial score (nSPS) is 10.3. The molecule has 0 atom stereocenters. The SMILES string of the molecule is Cc1ccc(C(=O)c2ccncc2F)c(C)c1. The summed E-state index contributed by atoms with van der Waals surface area (Å²) in [6, 6.07) is 6.88. The van der Waals surface area contributed by atoms with Crippen LogP contribution >= 0.6 is 0 Å². The maximum atomic E-state index is 13.5. The molecule has 0 bridgehead atoms. The Hall–Kier alpha value is -2.03. The molecule has 0 aliphatic rings. The zero-order chi connectivity index (χ0) is 12.4. The Morgan fingerprint density at radius 1 is 1.18 bits per heavy atom. The standard InChI is InChI=1S/C14H12FNO/c1-9-3-4-11(10(2)7-9)14(17)12-5-6-16-8-13(12)15/h3-8H,1-2H3. The van der Waals surface area contributed by atoms with E-state index in [1.54, 1.807) is 6.07 Å². The Balaban J connectivity index is 2.48. The molecule has 0 N–H and O–H groups in total. The molecule has 1 heterocycles. The minimum atomic E-state index is -0.586. The van der Waals surface area contributed by atoms with Gasteiger partial charge in [0.2, 0.25) is 0 Å². The average Bonchev–Trinajstić information content (AvgIpc) is 2.29. The first-order valence-electron chi connectivity index (χ1n) is 5.31. The van der Waals surface area contributed by atoms with Crippen LogP contribution in [0.3, 0.4) is 0 Å². The van der Waals surface area contributed by atoms with E-state index in [2.05, 4.69) is 4.98 Å². The summed E-state index contributed by atoms with van der Waals surface area (Å²) >= 11 is 0. The number of aryl methyl sites for hydroxylation is 2. The van der Waals surface area contributed by atoms with Gasteiger partial charge in [0, 0.05) is 11.8 Å². The topological polar surface area (TPSA) is 30.0 Å². The molecule has 17 heavy (non-hydrogen) atoms. The Morgan fingerprint density at radius 3 is 2.59 bits per heavy atom. The molecule has 0 amide bonds. The lowest BCUT2D eigenvalue weighted by Crippen LogP contribution is -2.06. The lowest BCUT2D eigenvalue weighted by Gasteiger charge is -2.06. The van der Waals surface area contributed by atoms with E-state index in [4.69, 9.17) is 0 Å². The zero-order valence-electron chi connectivity index (χ0n) is 9.70. The number of hydrogen-bond donors (Lipinski definition) is 0. The van der Waals surface area contributed by atoms with E-state index in [1.165, 1.54) is 12.3 Å². The van der Waals surface area contributed by atoms with E-state index in [0.717, 1.165) is 17.3 Å². The lowest BCUT2D eigenvalue weighted by atomic mass is 9.98. The molecule has 3 heteroatoms. The van der Waals surface area contributed by atoms with Crippen LogP contribution in [0.2, 0.25) is 0 Å². The summed E-state index contributed by atoms with van der Waals surface area (Å²) in [5.41, 5.74) is 2.52. The van der Waals surface area contributed by atoms with Crippen molar-refractivity contribution in [3.63, 3.8) is 0 Å². The Morgan fingerprint density at radius 2 is 1.94 bits per heavy atom. The Bertz CT molecular complexity index is 578. The van der Waals surface area contributed by atoms with Gasteiger partial charge in [-0.3, -0.25) is 9.78 Å². The number of carbonyl (C=O) groups is 1. The number of benzene rings is 1. The minimum Gasteiger partial charge on any atom is -0.288 e. The van der Waals surface area contributed by atoms with E-state index >= 15 is 0 Å². The summed E-state index contributed by atoms with van der Waals surface area (Å²) in [5.74, 6) is -0.889. The van der Waals surface area contributed by atoms with Crippen molar-refractivity contribution >= 4 is 5.78 Å². The number of ketones is 1. The second-order valence-electron chi connectivity index (χ2n) is 4.00. The molecule has 0 radical (unpaired) electrons. The molecule has 2 aromatic rings. The molecule has 0 aliphatic carbocycles. The Labute approximate surface area is 99.1 Å². The first-order valence-corrected chi connectivity index (χ1v) is 5.31. The van der Waals surface area contributed by atoms with Crippen molar-refractivity contribution in [2.45, 2.75) is 13.8 Å². The third-order valence-corrected chi connectivity index (χ3v) is 2.64. The molecular formula is C14H12FNO. The van der Waals surface area contributed by atoms with Crippen molar-refractivity contribution in [2.24, 2.45) is 0 Å². The molecule has 0 spiro atoms. The maximum absolute atomic E-state index is 13.5. The summed E-state index contributed by atoms with van der Waals surface area (Å²) in [5, 5.41) is 0. The molecule has 1 aromatic heterocycles. The van der Waals surface area contributed by atoms with Crippen LogP contribution in [0.5, 0.6) is 0 Å². The molecular weight excluding hydrogens is 217 g/mol. The number of pyridine rings is 1. The highest BCUT2D eigenvalue weighted by molar-refractivity contribution is 6.09. The van der Waals surface area contributed by atoms with Gasteiger partial charge in [0.05, 0.1) is 11.8 Å². The average molecular weight is 229 g/mol. The summed E-state index contributed by atoms with van der Waals surface area (Å²) < 4.78 is 13.5. The van der Waals surface area contributed by atoms with Gasteiger partial charge in [0.1, 0.15) is 0 Å². The molecule has 86 valence electrons. The zero-order valence-corrected chi connectivity index (χ0v) is 9.70. The third kappa shape index (κ3) is 2.23. The van der Waals surface area contributed by atoms with Gasteiger partial charge in [-0.05, 0) is 25.5 Å². The molecule has 0 saturated carbocycles. The third-order valence-electron chi connectivity index (χ3n) is 2.64. The van der Waals surface area contributed by atoms with Crippen LogP contribution in [-0.2, 0) is 0 Å². The highest BCUT2D eigenvalue weighted by atomic mass is 19.1. The summed E-state index contributed by atoms with van der Waals surface area (Å²) in [6.45, 7) is 3.80. The Kier molecular flexibility index (Phi) is 3.00. The van der Waals surface area contributed by atoms with Crippen LogP contribution in [-0.4, -0.2) is 10.8 Å². The molecule has 0 unspecified atom stereocenters. The van der Waals surface area contributed by atoms with Crippen LogP contribution in [0.15, 0.2) is 36.7 Å². The lowest BCUT2D eigenvalue weighted by molar-refractivity contribution is 0.103. The van der Waals surface area contributed by atoms with Gasteiger partial charge in [-0.15, -0.1) is 0 Å². The maximum Gasteiger partial charge on any atom is 0.196 e. The fraction of sp³-hybridized carbons (Fsp3) is 0.143. The van der Waals surface area contributed by atoms with Gasteiger partial charge in [-0.2, -0.15) is 0 Å². The number of carbonyl (C=O) groups excluding carboxylic acids is 1. The monoisotopic (exact) mass is 229 g/mol. The quantitative estimate of drug-likeness (QED) is 0.741. The summed E-state index contributed by atoms with van der Waals surface area (Å²) in [4.78, 5) is 15.8. The van der Waals surface area contributed by atoms with Crippen LogP contribution < -0.4 is 0 Å². The first kappa shape index (κ1) is 11.5. The van der Waals surface area contributed by atoms with Crippen molar-refractivity contribution in [1.29, 1.82) is 0 Å². The fourth-order valence-electron chi connectivity index (χ4n) is 1.77. The number of halogens is 1. The van der Waals surface area contributed by atoms with E-state index in [0.29, 0.717) is 5.56 Å². The molecule has 2 rings (SSSR count). The van der Waals surface area contributed by atoms with E-state index < -0.39 is 5.82 Å². The van der Waals surface area contributed by atoms with Crippen LogP contribution in [0.1, 0.15) is 27.0 Å². The van der Waals surface area contributed by atoms with Gasteiger partial charge in [0.15, 0.2) is 11.6 Å². The van der Waals surface area contributed by atoms with E-state index in [1.807, 2.05) is 26.0 Å². The van der Waals surface area contributed by atoms with Crippen LogP contribution in [0, 0.1) is 19.7 Å². The molecule has 1 aromatic carbocycles. The second-order valence-corrected chi connectivity index (χ2v) is 4.00. The second kappa shape index (κ2) is 4.45. The first-order chi connectivity index (χ1) is 8.09. The number of rotatable bonds is 2. The van der Waals surface area contributed by atoms with E-state index in [-0.39, 0.29) is 11.3 Å². The highest BCUT2D eigenvalue weighted by Crippen LogP contribution is 2.17. The number of nitrogens with zero attached hydrogens (tertiary/aromatic N) is 1. The molecule has 0 aliphatic heterocycles. The molecule has 2 nitrogen and oxygen atoms in total.